The Hall–Kier alpha value is -2.37. The molecule has 1 aliphatic heterocycles. The van der Waals surface area contributed by atoms with E-state index in [0.717, 1.165) is 50.5 Å². The van der Waals surface area contributed by atoms with Gasteiger partial charge in [-0.25, -0.2) is 14.7 Å². The highest BCUT2D eigenvalue weighted by atomic mass is 127. The molecule has 1 aromatic heterocycles. The van der Waals surface area contributed by atoms with E-state index >= 15 is 0 Å². The average Bonchev–Trinajstić information content (AvgIpc) is 3.16. The molecule has 0 radical (unpaired) electrons. The lowest BCUT2D eigenvalue weighted by Gasteiger charge is -2.25. The molecule has 0 aliphatic carbocycles. The smallest absolute Gasteiger partial charge is 0.243 e. The third-order valence-electron chi connectivity index (χ3n) is 5.32. The van der Waals surface area contributed by atoms with Gasteiger partial charge in [0.25, 0.3) is 0 Å². The highest BCUT2D eigenvalue weighted by molar-refractivity contribution is 14.0. The van der Waals surface area contributed by atoms with E-state index in [1.54, 1.807) is 19.0 Å². The predicted molar refractivity (Wildman–Crippen MR) is 139 cm³/mol. The van der Waals surface area contributed by atoms with E-state index in [2.05, 4.69) is 49.8 Å². The second-order valence-corrected chi connectivity index (χ2v) is 8.07. The van der Waals surface area contributed by atoms with Gasteiger partial charge in [0.05, 0.1) is 6.04 Å². The van der Waals surface area contributed by atoms with Crippen LogP contribution in [-0.4, -0.2) is 72.3 Å². The summed E-state index contributed by atoms with van der Waals surface area (Å²) in [5.74, 6) is 2.31. The zero-order valence-electron chi connectivity index (χ0n) is 19.4. The van der Waals surface area contributed by atoms with Gasteiger partial charge in [-0.3, -0.25) is 4.79 Å². The van der Waals surface area contributed by atoms with Crippen LogP contribution in [0.1, 0.15) is 37.0 Å². The number of aromatic nitrogens is 3. The number of guanidine groups is 1. The van der Waals surface area contributed by atoms with Crippen molar-refractivity contribution in [3.8, 4) is 0 Å². The van der Waals surface area contributed by atoms with Crippen LogP contribution in [0.4, 0.5) is 5.69 Å². The quantitative estimate of drug-likeness (QED) is 0.225. The Labute approximate surface area is 207 Å². The normalized spacial score (nSPS) is 15.4. The molecule has 9 nitrogen and oxygen atoms in total. The van der Waals surface area contributed by atoms with Crippen molar-refractivity contribution in [2.45, 2.75) is 38.8 Å². The fourth-order valence-corrected chi connectivity index (χ4v) is 3.55. The maximum Gasteiger partial charge on any atom is 0.243 e. The molecular weight excluding hydrogens is 519 g/mol. The molecule has 1 atom stereocenters. The predicted octanol–water partition coefficient (Wildman–Crippen LogP) is 2.19. The summed E-state index contributed by atoms with van der Waals surface area (Å²) >= 11 is 0. The summed E-state index contributed by atoms with van der Waals surface area (Å²) in [6.07, 6.45) is 2.92. The zero-order chi connectivity index (χ0) is 22.2. The molecular formula is C22H35IN8O. The minimum Gasteiger partial charge on any atom is -0.375 e. The molecule has 1 amide bonds. The molecule has 2 aromatic rings. The fourth-order valence-electron chi connectivity index (χ4n) is 3.55. The number of carbonyl (C=O) groups excluding carboxylic acids is 1. The van der Waals surface area contributed by atoms with Crippen molar-refractivity contribution in [2.24, 2.45) is 4.99 Å². The lowest BCUT2D eigenvalue weighted by atomic mass is 10.1. The van der Waals surface area contributed by atoms with Crippen molar-refractivity contribution < 1.29 is 4.79 Å². The van der Waals surface area contributed by atoms with Crippen molar-refractivity contribution >= 4 is 41.5 Å². The lowest BCUT2D eigenvalue weighted by molar-refractivity contribution is -0.127. The van der Waals surface area contributed by atoms with E-state index in [-0.39, 0.29) is 42.5 Å². The van der Waals surface area contributed by atoms with Gasteiger partial charge in [-0.1, -0.05) is 18.2 Å². The number of fused-ring (bicyclic) bond motifs is 1. The number of hydrogen-bond acceptors (Lipinski definition) is 5. The van der Waals surface area contributed by atoms with E-state index in [4.69, 9.17) is 0 Å². The number of carbonyl (C=O) groups is 1. The molecule has 32 heavy (non-hydrogen) atoms. The first-order chi connectivity index (χ1) is 14.9. The lowest BCUT2D eigenvalue weighted by Crippen LogP contribution is -2.43. The van der Waals surface area contributed by atoms with Crippen LogP contribution < -0.4 is 15.5 Å². The van der Waals surface area contributed by atoms with Crippen LogP contribution in [0.3, 0.4) is 0 Å². The Balaban J connectivity index is 0.00000363. The number of nitrogens with one attached hydrogen (secondary N) is 2. The molecule has 2 N–H and O–H groups in total. The summed E-state index contributed by atoms with van der Waals surface area (Å²) in [4.78, 5) is 24.9. The number of hydrogen-bond donors (Lipinski definition) is 2. The summed E-state index contributed by atoms with van der Waals surface area (Å²) in [6.45, 7) is 4.56. The van der Waals surface area contributed by atoms with E-state index < -0.39 is 0 Å². The van der Waals surface area contributed by atoms with Gasteiger partial charge in [0.2, 0.25) is 5.91 Å². The summed E-state index contributed by atoms with van der Waals surface area (Å²) < 4.78 is 1.97. The number of rotatable bonds is 8. The second kappa shape index (κ2) is 12.6. The zero-order valence-corrected chi connectivity index (χ0v) is 21.7. The van der Waals surface area contributed by atoms with Crippen LogP contribution in [0.5, 0.6) is 0 Å². The highest BCUT2D eigenvalue weighted by Crippen LogP contribution is 2.22. The number of amides is 1. The molecule has 1 unspecified atom stereocenters. The van der Waals surface area contributed by atoms with Crippen LogP contribution in [-0.2, 0) is 11.3 Å². The summed E-state index contributed by atoms with van der Waals surface area (Å²) in [5.41, 5.74) is 1.20. The molecule has 1 aromatic carbocycles. The number of benzene rings is 1. The van der Waals surface area contributed by atoms with Gasteiger partial charge in [0.1, 0.15) is 18.2 Å². The van der Waals surface area contributed by atoms with E-state index in [9.17, 15) is 4.79 Å². The molecule has 0 fully saturated rings. The molecule has 0 spiro atoms. The van der Waals surface area contributed by atoms with Gasteiger partial charge in [-0.05, 0) is 38.3 Å². The Bertz CT molecular complexity index is 883. The van der Waals surface area contributed by atoms with Gasteiger partial charge in [-0.2, -0.15) is 5.10 Å². The first-order valence-corrected chi connectivity index (χ1v) is 10.9. The molecule has 0 saturated carbocycles. The van der Waals surface area contributed by atoms with Gasteiger partial charge in [-0.15, -0.1) is 24.0 Å². The number of para-hydroxylation sites is 1. The van der Waals surface area contributed by atoms with Crippen LogP contribution in [0, 0.1) is 6.92 Å². The topological polar surface area (TPSA) is 90.7 Å². The Morgan fingerprint density at radius 2 is 2.00 bits per heavy atom. The van der Waals surface area contributed by atoms with Gasteiger partial charge < -0.3 is 20.4 Å². The standard InChI is InChI=1S/C22H34N8O.HI/c1-17-25-21-19(12-8-15-30(21)27-17)26-22(24-16-20(31)28(2)3)23-13-9-14-29(4)18-10-6-5-7-11-18;/h5-7,10-11,19H,8-9,12-16H2,1-4H3,(H2,23,24,26);1H. The Morgan fingerprint density at radius 1 is 1.25 bits per heavy atom. The third-order valence-corrected chi connectivity index (χ3v) is 5.32. The minimum atomic E-state index is -0.0347. The maximum atomic E-state index is 12.0. The molecule has 0 bridgehead atoms. The monoisotopic (exact) mass is 554 g/mol. The van der Waals surface area contributed by atoms with E-state index in [0.29, 0.717) is 5.96 Å². The summed E-state index contributed by atoms with van der Waals surface area (Å²) in [7, 11) is 5.57. The fraction of sp³-hybridized carbons (Fsp3) is 0.545. The van der Waals surface area contributed by atoms with Crippen LogP contribution in [0.25, 0.3) is 0 Å². The Kier molecular flexibility index (Phi) is 10.2. The van der Waals surface area contributed by atoms with Gasteiger partial charge in [0.15, 0.2) is 5.96 Å². The van der Waals surface area contributed by atoms with Crippen LogP contribution in [0.15, 0.2) is 35.3 Å². The summed E-state index contributed by atoms with van der Waals surface area (Å²) in [5, 5.41) is 11.3. The number of anilines is 1. The van der Waals surface area contributed by atoms with Crippen LogP contribution in [0.2, 0.25) is 0 Å². The largest absolute Gasteiger partial charge is 0.375 e. The highest BCUT2D eigenvalue weighted by Gasteiger charge is 2.24. The van der Waals surface area contributed by atoms with Crippen LogP contribution >= 0.6 is 24.0 Å². The van der Waals surface area contributed by atoms with Crippen molar-refractivity contribution in [1.29, 1.82) is 0 Å². The molecule has 3 rings (SSSR count). The second-order valence-electron chi connectivity index (χ2n) is 8.07. The first-order valence-electron chi connectivity index (χ1n) is 10.9. The Morgan fingerprint density at radius 3 is 2.72 bits per heavy atom. The minimum absolute atomic E-state index is 0. The van der Waals surface area contributed by atoms with E-state index in [1.807, 2.05) is 29.8 Å². The average molecular weight is 554 g/mol. The number of likely N-dealkylation sites (N-methyl/N-ethyl adjacent to an activating group) is 1. The number of aryl methyl sites for hydroxylation is 2. The summed E-state index contributed by atoms with van der Waals surface area (Å²) in [6, 6.07) is 10.4. The molecule has 2 heterocycles. The van der Waals surface area contributed by atoms with E-state index in [1.165, 1.54) is 5.69 Å². The van der Waals surface area contributed by atoms with Crippen molar-refractivity contribution in [1.82, 2.24) is 30.3 Å². The third kappa shape index (κ3) is 7.35. The van der Waals surface area contributed by atoms with Crippen molar-refractivity contribution in [3.05, 3.63) is 42.0 Å². The van der Waals surface area contributed by atoms with Gasteiger partial charge >= 0.3 is 0 Å². The SMILES string of the molecule is Cc1nc2n(n1)CCCC2NC(=NCC(=O)N(C)C)NCCCN(C)c1ccccc1.I. The first kappa shape index (κ1) is 25.9. The molecule has 0 saturated heterocycles. The number of halogens is 1. The van der Waals surface area contributed by atoms with Gasteiger partial charge in [0, 0.05) is 46.5 Å². The number of nitrogens with zero attached hydrogens (tertiary/aromatic N) is 6. The van der Waals surface area contributed by atoms with Crippen molar-refractivity contribution in [2.75, 3.05) is 45.7 Å². The van der Waals surface area contributed by atoms with Crippen molar-refractivity contribution in [3.63, 3.8) is 0 Å². The molecule has 10 heteroatoms. The number of aliphatic imine (C=N–C) groups is 1. The maximum absolute atomic E-state index is 12.0. The molecule has 176 valence electrons. The molecule has 1 aliphatic rings.